The molecule has 5 nitrogen and oxygen atoms in total. The molecule has 0 bridgehead atoms. The molecule has 2 aromatic heterocycles. The van der Waals surface area contributed by atoms with Gasteiger partial charge in [0.25, 0.3) is 0 Å². The predicted molar refractivity (Wildman–Crippen MR) is 107 cm³/mol. The molecule has 134 valence electrons. The molecule has 26 heavy (non-hydrogen) atoms. The third-order valence-corrected chi connectivity index (χ3v) is 5.12. The summed E-state index contributed by atoms with van der Waals surface area (Å²) in [6.07, 6.45) is 3.88. The van der Waals surface area contributed by atoms with Crippen molar-refractivity contribution in [2.24, 2.45) is 0 Å². The highest BCUT2D eigenvalue weighted by molar-refractivity contribution is 7.98. The Morgan fingerprint density at radius 2 is 2.08 bits per heavy atom. The van der Waals surface area contributed by atoms with Crippen LogP contribution in [0.15, 0.2) is 53.0 Å². The van der Waals surface area contributed by atoms with Gasteiger partial charge in [-0.1, -0.05) is 0 Å². The molecular weight excluding hydrogens is 366 g/mol. The lowest BCUT2D eigenvalue weighted by Gasteiger charge is -2.05. The van der Waals surface area contributed by atoms with Crippen molar-refractivity contribution in [3.8, 4) is 16.3 Å². The van der Waals surface area contributed by atoms with E-state index in [4.69, 9.17) is 4.74 Å². The van der Waals surface area contributed by atoms with Crippen molar-refractivity contribution in [1.82, 2.24) is 9.97 Å². The molecule has 1 N–H and O–H groups in total. The number of rotatable bonds is 7. The summed E-state index contributed by atoms with van der Waals surface area (Å²) in [6.45, 7) is 2.60. The molecule has 3 aromatic rings. The van der Waals surface area contributed by atoms with Crippen LogP contribution in [0, 0.1) is 0 Å². The second-order valence-electron chi connectivity index (χ2n) is 5.41. The van der Waals surface area contributed by atoms with E-state index < -0.39 is 0 Å². The number of hydrogen-bond acceptors (Lipinski definition) is 6. The van der Waals surface area contributed by atoms with Crippen molar-refractivity contribution in [1.29, 1.82) is 0 Å². The lowest BCUT2D eigenvalue weighted by molar-refractivity contribution is -0.115. The summed E-state index contributed by atoms with van der Waals surface area (Å²) in [7, 11) is 0. The van der Waals surface area contributed by atoms with Gasteiger partial charge < -0.3 is 10.1 Å². The van der Waals surface area contributed by atoms with Gasteiger partial charge >= 0.3 is 0 Å². The van der Waals surface area contributed by atoms with Gasteiger partial charge in [0, 0.05) is 22.8 Å². The highest BCUT2D eigenvalue weighted by Crippen LogP contribution is 2.26. The Hall–Kier alpha value is -2.38. The number of amides is 1. The second kappa shape index (κ2) is 8.82. The molecular formula is C19H19N3O2S2. The Morgan fingerprint density at radius 3 is 2.81 bits per heavy atom. The molecule has 0 fully saturated rings. The van der Waals surface area contributed by atoms with Crippen LogP contribution in [0.1, 0.15) is 12.6 Å². The van der Waals surface area contributed by atoms with Gasteiger partial charge in [-0.05, 0) is 49.6 Å². The fraction of sp³-hybridized carbons (Fsp3) is 0.211. The number of aromatic nitrogens is 2. The fourth-order valence-electron chi connectivity index (χ4n) is 2.35. The molecule has 0 unspecified atom stereocenters. The molecule has 7 heteroatoms. The quantitative estimate of drug-likeness (QED) is 0.606. The van der Waals surface area contributed by atoms with Crippen molar-refractivity contribution >= 4 is 34.7 Å². The average Bonchev–Trinajstić information content (AvgIpc) is 3.11. The van der Waals surface area contributed by atoms with Crippen LogP contribution in [0.2, 0.25) is 0 Å². The molecule has 1 amide bonds. The number of thioether (sulfide) groups is 1. The van der Waals surface area contributed by atoms with Crippen LogP contribution >= 0.6 is 23.1 Å². The number of carbonyl (C=O) groups excluding carboxylic acids is 1. The maximum absolute atomic E-state index is 12.3. The van der Waals surface area contributed by atoms with Crippen LogP contribution in [-0.2, 0) is 11.2 Å². The third-order valence-electron chi connectivity index (χ3n) is 3.53. The minimum absolute atomic E-state index is 0.0909. The lowest BCUT2D eigenvalue weighted by atomic mass is 10.2. The van der Waals surface area contributed by atoms with E-state index in [2.05, 4.69) is 15.3 Å². The van der Waals surface area contributed by atoms with Gasteiger partial charge in [0.15, 0.2) is 0 Å². The van der Waals surface area contributed by atoms with Gasteiger partial charge in [0.05, 0.1) is 23.7 Å². The van der Waals surface area contributed by atoms with Gasteiger partial charge in [0.1, 0.15) is 10.8 Å². The zero-order chi connectivity index (χ0) is 18.4. The standard InChI is InChI=1S/C19H19N3O2S2/c1-3-24-16-6-4-13(5-7-16)19-22-15(12-26-19)10-17(23)21-14-8-9-20-18(11-14)25-2/h4-9,11-12H,3,10H2,1-2H3,(H,20,21,23). The van der Waals surface area contributed by atoms with E-state index in [0.717, 1.165) is 32.7 Å². The Bertz CT molecular complexity index is 879. The molecule has 0 atom stereocenters. The summed E-state index contributed by atoms with van der Waals surface area (Å²) < 4.78 is 5.45. The zero-order valence-electron chi connectivity index (χ0n) is 14.6. The van der Waals surface area contributed by atoms with E-state index >= 15 is 0 Å². The number of anilines is 1. The molecule has 0 saturated heterocycles. The maximum atomic E-state index is 12.3. The molecule has 0 aliphatic heterocycles. The van der Waals surface area contributed by atoms with E-state index in [1.54, 1.807) is 12.3 Å². The van der Waals surface area contributed by atoms with Gasteiger partial charge in [-0.15, -0.1) is 23.1 Å². The number of nitrogens with zero attached hydrogens (tertiary/aromatic N) is 2. The van der Waals surface area contributed by atoms with Crippen LogP contribution in [0.3, 0.4) is 0 Å². The maximum Gasteiger partial charge on any atom is 0.230 e. The molecule has 2 heterocycles. The first-order valence-electron chi connectivity index (χ1n) is 8.15. The highest BCUT2D eigenvalue weighted by Gasteiger charge is 2.10. The number of carbonyl (C=O) groups is 1. The van der Waals surface area contributed by atoms with E-state index in [1.807, 2.05) is 48.9 Å². The first-order valence-corrected chi connectivity index (χ1v) is 10.3. The number of ether oxygens (including phenoxy) is 1. The Morgan fingerprint density at radius 1 is 1.27 bits per heavy atom. The monoisotopic (exact) mass is 385 g/mol. The topological polar surface area (TPSA) is 64.1 Å². The normalized spacial score (nSPS) is 10.5. The minimum Gasteiger partial charge on any atom is -0.494 e. The van der Waals surface area contributed by atoms with Crippen LogP contribution in [0.25, 0.3) is 10.6 Å². The van der Waals surface area contributed by atoms with Gasteiger partial charge in [-0.25, -0.2) is 9.97 Å². The summed E-state index contributed by atoms with van der Waals surface area (Å²) in [5.74, 6) is 0.751. The summed E-state index contributed by atoms with van der Waals surface area (Å²) in [4.78, 5) is 21.0. The minimum atomic E-state index is -0.0909. The van der Waals surface area contributed by atoms with Crippen LogP contribution in [0.5, 0.6) is 5.75 Å². The fourth-order valence-corrected chi connectivity index (χ4v) is 3.59. The van der Waals surface area contributed by atoms with Crippen molar-refractivity contribution < 1.29 is 9.53 Å². The van der Waals surface area contributed by atoms with Crippen molar-refractivity contribution in [3.63, 3.8) is 0 Å². The summed E-state index contributed by atoms with van der Waals surface area (Å²) >= 11 is 3.07. The van der Waals surface area contributed by atoms with Gasteiger partial charge in [-0.2, -0.15) is 0 Å². The number of benzene rings is 1. The Kier molecular flexibility index (Phi) is 6.25. The molecule has 0 aliphatic carbocycles. The molecule has 3 rings (SSSR count). The van der Waals surface area contributed by atoms with E-state index in [9.17, 15) is 4.79 Å². The number of thiazole rings is 1. The van der Waals surface area contributed by atoms with E-state index in [0.29, 0.717) is 6.61 Å². The number of nitrogens with one attached hydrogen (secondary N) is 1. The van der Waals surface area contributed by atoms with E-state index in [1.165, 1.54) is 23.1 Å². The van der Waals surface area contributed by atoms with Crippen molar-refractivity contribution in [3.05, 3.63) is 53.7 Å². The molecule has 0 aliphatic rings. The predicted octanol–water partition coefficient (Wildman–Crippen LogP) is 4.51. The molecule has 1 aromatic carbocycles. The Labute approximate surface area is 160 Å². The van der Waals surface area contributed by atoms with Crippen LogP contribution < -0.4 is 10.1 Å². The first kappa shape index (κ1) is 18.4. The molecule has 0 spiro atoms. The molecule has 0 saturated carbocycles. The smallest absolute Gasteiger partial charge is 0.230 e. The lowest BCUT2D eigenvalue weighted by Crippen LogP contribution is -2.14. The number of pyridine rings is 1. The van der Waals surface area contributed by atoms with Crippen LogP contribution in [-0.4, -0.2) is 28.7 Å². The highest BCUT2D eigenvalue weighted by atomic mass is 32.2. The summed E-state index contributed by atoms with van der Waals surface area (Å²) in [5.41, 5.74) is 2.52. The SMILES string of the molecule is CCOc1ccc(-c2nc(CC(=O)Nc3ccnc(SC)c3)cs2)cc1. The van der Waals surface area contributed by atoms with Crippen molar-refractivity contribution in [2.75, 3.05) is 18.2 Å². The third kappa shape index (κ3) is 4.83. The Balaban J connectivity index is 1.63. The molecule has 0 radical (unpaired) electrons. The summed E-state index contributed by atoms with van der Waals surface area (Å²) in [6, 6.07) is 11.5. The van der Waals surface area contributed by atoms with Gasteiger partial charge in [0.2, 0.25) is 5.91 Å². The number of hydrogen-bond donors (Lipinski definition) is 1. The second-order valence-corrected chi connectivity index (χ2v) is 7.10. The van der Waals surface area contributed by atoms with Crippen LogP contribution in [0.4, 0.5) is 5.69 Å². The van der Waals surface area contributed by atoms with Gasteiger partial charge in [-0.3, -0.25) is 4.79 Å². The van der Waals surface area contributed by atoms with E-state index in [-0.39, 0.29) is 12.3 Å². The first-order chi connectivity index (χ1) is 12.7. The largest absolute Gasteiger partial charge is 0.494 e. The zero-order valence-corrected chi connectivity index (χ0v) is 16.2. The summed E-state index contributed by atoms with van der Waals surface area (Å²) in [5, 5.41) is 6.58. The van der Waals surface area contributed by atoms with Crippen molar-refractivity contribution in [2.45, 2.75) is 18.4 Å². The average molecular weight is 386 g/mol.